The summed E-state index contributed by atoms with van der Waals surface area (Å²) in [5, 5.41) is 0. The molecule has 1 aromatic carbocycles. The molecule has 0 radical (unpaired) electrons. The monoisotopic (exact) mass is 417 g/mol. The summed E-state index contributed by atoms with van der Waals surface area (Å²) in [6.07, 6.45) is -4.13. The molecule has 1 aromatic heterocycles. The van der Waals surface area contributed by atoms with Crippen molar-refractivity contribution in [3.05, 3.63) is 58.5 Å². The van der Waals surface area contributed by atoms with Crippen molar-refractivity contribution in [1.29, 1.82) is 0 Å². The summed E-state index contributed by atoms with van der Waals surface area (Å²) >= 11 is 0. The van der Waals surface area contributed by atoms with Gasteiger partial charge in [0.15, 0.2) is 0 Å². The first-order chi connectivity index (χ1) is 12.9. The van der Waals surface area contributed by atoms with E-state index in [1.54, 1.807) is 27.7 Å². The zero-order valence-corrected chi connectivity index (χ0v) is 17.0. The molecule has 1 heterocycles. The molecule has 0 aliphatic carbocycles. The van der Waals surface area contributed by atoms with Crippen LogP contribution in [0.4, 0.5) is 13.2 Å². The summed E-state index contributed by atoms with van der Waals surface area (Å²) in [4.78, 5) is 12.5. The van der Waals surface area contributed by atoms with E-state index in [2.05, 4.69) is 0 Å². The number of pyridine rings is 1. The van der Waals surface area contributed by atoms with Crippen molar-refractivity contribution in [3.8, 4) is 11.1 Å². The maximum atomic E-state index is 12.9. The maximum Gasteiger partial charge on any atom is 0.416 e. The van der Waals surface area contributed by atoms with Gasteiger partial charge in [0.2, 0.25) is 0 Å². The standard InChI is InChI=1S/C19H23F3NO4P/c1-13(2)26-28(25,27-14(3)4)12-23-9-8-16(11-18(23)24)15-6-5-7-17(10-15)19(20,21)22/h5-11,13-14H,12H2,1-4H3. The van der Waals surface area contributed by atoms with Crippen molar-refractivity contribution >= 4 is 7.60 Å². The zero-order chi connectivity index (χ0) is 21.1. The summed E-state index contributed by atoms with van der Waals surface area (Å²) in [6.45, 7) is 6.82. The highest BCUT2D eigenvalue weighted by Crippen LogP contribution is 2.51. The van der Waals surface area contributed by atoms with E-state index in [-0.39, 0.29) is 24.1 Å². The van der Waals surface area contributed by atoms with Crippen LogP contribution in [0, 0.1) is 0 Å². The van der Waals surface area contributed by atoms with Crippen LogP contribution in [0.15, 0.2) is 47.4 Å². The molecule has 5 nitrogen and oxygen atoms in total. The Kier molecular flexibility index (Phi) is 6.91. The van der Waals surface area contributed by atoms with Gasteiger partial charge in [0.25, 0.3) is 5.56 Å². The van der Waals surface area contributed by atoms with Gasteiger partial charge < -0.3 is 13.6 Å². The molecule has 0 N–H and O–H groups in total. The van der Waals surface area contributed by atoms with E-state index < -0.39 is 24.9 Å². The Labute approximate surface area is 161 Å². The largest absolute Gasteiger partial charge is 0.416 e. The van der Waals surface area contributed by atoms with Gasteiger partial charge in [-0.3, -0.25) is 9.36 Å². The fraction of sp³-hybridized carbons (Fsp3) is 0.421. The molecule has 0 fully saturated rings. The van der Waals surface area contributed by atoms with E-state index in [0.29, 0.717) is 5.56 Å². The predicted octanol–water partition coefficient (Wildman–Crippen LogP) is 5.53. The van der Waals surface area contributed by atoms with E-state index in [0.717, 1.165) is 12.1 Å². The fourth-order valence-electron chi connectivity index (χ4n) is 2.60. The van der Waals surface area contributed by atoms with Crippen LogP contribution < -0.4 is 5.56 Å². The van der Waals surface area contributed by atoms with E-state index in [1.165, 1.54) is 35.0 Å². The highest BCUT2D eigenvalue weighted by molar-refractivity contribution is 7.52. The average Bonchev–Trinajstić information content (AvgIpc) is 2.54. The van der Waals surface area contributed by atoms with Crippen LogP contribution in [0.5, 0.6) is 0 Å². The summed E-state index contributed by atoms with van der Waals surface area (Å²) in [5.41, 5.74) is -0.722. The van der Waals surface area contributed by atoms with Crippen molar-refractivity contribution in [2.24, 2.45) is 0 Å². The van der Waals surface area contributed by atoms with Crippen LogP contribution in [-0.2, 0) is 26.1 Å². The lowest BCUT2D eigenvalue weighted by Crippen LogP contribution is -2.21. The molecular weight excluding hydrogens is 394 g/mol. The van der Waals surface area contributed by atoms with E-state index in [4.69, 9.17) is 9.05 Å². The number of aromatic nitrogens is 1. The van der Waals surface area contributed by atoms with E-state index in [9.17, 15) is 22.5 Å². The minimum atomic E-state index is -4.47. The van der Waals surface area contributed by atoms with Crippen LogP contribution in [0.3, 0.4) is 0 Å². The van der Waals surface area contributed by atoms with Crippen molar-refractivity contribution in [2.75, 3.05) is 0 Å². The van der Waals surface area contributed by atoms with E-state index >= 15 is 0 Å². The van der Waals surface area contributed by atoms with Crippen LogP contribution in [0.25, 0.3) is 11.1 Å². The fourth-order valence-corrected chi connectivity index (χ4v) is 4.67. The molecule has 154 valence electrons. The minimum Gasteiger partial charge on any atom is -0.305 e. The Balaban J connectivity index is 2.34. The minimum absolute atomic E-state index is 0.263. The van der Waals surface area contributed by atoms with E-state index in [1.807, 2.05) is 0 Å². The topological polar surface area (TPSA) is 57.5 Å². The third-order valence-corrected chi connectivity index (χ3v) is 5.72. The summed E-state index contributed by atoms with van der Waals surface area (Å²) in [7, 11) is -3.58. The first-order valence-electron chi connectivity index (χ1n) is 8.73. The van der Waals surface area contributed by atoms with Crippen LogP contribution in [0.1, 0.15) is 33.3 Å². The molecular formula is C19H23F3NO4P. The average molecular weight is 417 g/mol. The molecule has 0 unspecified atom stereocenters. The van der Waals surface area contributed by atoms with Crippen molar-refractivity contribution in [3.63, 3.8) is 0 Å². The Morgan fingerprint density at radius 3 is 2.07 bits per heavy atom. The summed E-state index contributed by atoms with van der Waals surface area (Å²) < 4.78 is 63.6. The molecule has 9 heteroatoms. The zero-order valence-electron chi connectivity index (χ0n) is 16.1. The smallest absolute Gasteiger partial charge is 0.305 e. The van der Waals surface area contributed by atoms with Gasteiger partial charge in [-0.1, -0.05) is 12.1 Å². The number of hydrogen-bond acceptors (Lipinski definition) is 4. The molecule has 0 aliphatic rings. The molecule has 2 aromatic rings. The number of nitrogens with zero attached hydrogens (tertiary/aromatic N) is 1. The Hall–Kier alpha value is -1.89. The van der Waals surface area contributed by atoms with Gasteiger partial charge in [0.1, 0.15) is 6.29 Å². The summed E-state index contributed by atoms with van der Waals surface area (Å²) in [5.74, 6) is 0. The van der Waals surface area contributed by atoms with Crippen LogP contribution >= 0.6 is 7.60 Å². The Morgan fingerprint density at radius 2 is 1.57 bits per heavy atom. The SMILES string of the molecule is CC(C)OP(=O)(Cn1ccc(-c2cccc(C(F)(F)F)c2)cc1=O)OC(C)C. The lowest BCUT2D eigenvalue weighted by atomic mass is 10.0. The van der Waals surface area contributed by atoms with Crippen molar-refractivity contribution in [2.45, 2.75) is 52.4 Å². The van der Waals surface area contributed by atoms with Gasteiger partial charge in [-0.25, -0.2) is 0 Å². The summed E-state index contributed by atoms with van der Waals surface area (Å²) in [6, 6.07) is 7.41. The van der Waals surface area contributed by atoms with Gasteiger partial charge in [0.05, 0.1) is 17.8 Å². The Bertz CT molecular complexity index is 908. The second-order valence-corrected chi connectivity index (χ2v) is 8.79. The highest BCUT2D eigenvalue weighted by Gasteiger charge is 2.31. The second kappa shape index (κ2) is 8.64. The molecule has 0 atom stereocenters. The number of benzene rings is 1. The predicted molar refractivity (Wildman–Crippen MR) is 101 cm³/mol. The molecule has 0 saturated carbocycles. The normalized spacial score (nSPS) is 12.8. The third-order valence-electron chi connectivity index (χ3n) is 3.59. The molecule has 0 spiro atoms. The van der Waals surface area contributed by atoms with Gasteiger partial charge in [-0.2, -0.15) is 13.2 Å². The highest BCUT2D eigenvalue weighted by atomic mass is 31.2. The molecule has 2 rings (SSSR count). The number of rotatable bonds is 7. The molecule has 0 amide bonds. The van der Waals surface area contributed by atoms with Crippen molar-refractivity contribution in [1.82, 2.24) is 4.57 Å². The number of alkyl halides is 3. The first kappa shape index (κ1) is 22.4. The molecule has 28 heavy (non-hydrogen) atoms. The van der Waals surface area contributed by atoms with Gasteiger partial charge in [0, 0.05) is 12.3 Å². The molecule has 0 saturated heterocycles. The lowest BCUT2D eigenvalue weighted by molar-refractivity contribution is -0.137. The number of halogens is 3. The first-order valence-corrected chi connectivity index (χ1v) is 10.5. The molecule has 0 bridgehead atoms. The molecule has 0 aliphatic heterocycles. The quantitative estimate of drug-likeness (QED) is 0.556. The van der Waals surface area contributed by atoms with Crippen LogP contribution in [-0.4, -0.2) is 16.8 Å². The number of hydrogen-bond donors (Lipinski definition) is 0. The lowest BCUT2D eigenvalue weighted by Gasteiger charge is -2.23. The van der Waals surface area contributed by atoms with Crippen molar-refractivity contribution < 1.29 is 26.8 Å². The maximum absolute atomic E-state index is 12.9. The second-order valence-electron chi connectivity index (χ2n) is 6.86. The third kappa shape index (κ3) is 6.06. The van der Waals surface area contributed by atoms with Gasteiger partial charge >= 0.3 is 13.8 Å². The Morgan fingerprint density at radius 1 is 1.00 bits per heavy atom. The van der Waals surface area contributed by atoms with Gasteiger partial charge in [-0.15, -0.1) is 0 Å². The van der Waals surface area contributed by atoms with Gasteiger partial charge in [-0.05, 0) is 57.0 Å². The van der Waals surface area contributed by atoms with Crippen LogP contribution in [0.2, 0.25) is 0 Å².